The molecule has 0 unspecified atom stereocenters. The third kappa shape index (κ3) is 7.40. The highest BCUT2D eigenvalue weighted by atomic mass is 19.4. The second-order valence-corrected chi connectivity index (χ2v) is 5.18. The molecule has 134 valence electrons. The summed E-state index contributed by atoms with van der Waals surface area (Å²) in [5, 5.41) is 0. The fourth-order valence-electron chi connectivity index (χ4n) is 1.49. The van der Waals surface area contributed by atoms with Crippen LogP contribution in [0.15, 0.2) is 18.3 Å². The number of ether oxygens (including phenoxy) is 1. The number of amides is 2. The molecule has 9 heteroatoms. The summed E-state index contributed by atoms with van der Waals surface area (Å²) in [6, 6.07) is 1.99. The van der Waals surface area contributed by atoms with Crippen LogP contribution >= 0.6 is 0 Å². The van der Waals surface area contributed by atoms with Crippen LogP contribution in [0.1, 0.15) is 30.5 Å². The summed E-state index contributed by atoms with van der Waals surface area (Å²) in [5.41, 5.74) is 4.21. The van der Waals surface area contributed by atoms with E-state index >= 15 is 0 Å². The molecule has 0 saturated heterocycles. The number of pyridine rings is 1. The minimum Gasteiger partial charge on any atom is -0.383 e. The lowest BCUT2D eigenvalue weighted by Crippen LogP contribution is -2.41. The van der Waals surface area contributed by atoms with Crippen LogP contribution in [-0.4, -0.2) is 42.0 Å². The van der Waals surface area contributed by atoms with Gasteiger partial charge in [0.1, 0.15) is 0 Å². The summed E-state index contributed by atoms with van der Waals surface area (Å²) in [5.74, 6) is -2.10. The van der Waals surface area contributed by atoms with Crippen molar-refractivity contribution in [2.45, 2.75) is 32.0 Å². The van der Waals surface area contributed by atoms with Gasteiger partial charge in [-0.05, 0) is 12.1 Å². The van der Waals surface area contributed by atoms with Gasteiger partial charge in [-0.2, -0.15) is 13.2 Å². The zero-order valence-electron chi connectivity index (χ0n) is 13.3. The normalized spacial score (nSPS) is 12.8. The molecule has 1 aliphatic rings. The van der Waals surface area contributed by atoms with Crippen molar-refractivity contribution in [2.24, 2.45) is 5.73 Å². The molecule has 1 fully saturated rings. The van der Waals surface area contributed by atoms with Gasteiger partial charge >= 0.3 is 18.0 Å². The van der Waals surface area contributed by atoms with Crippen molar-refractivity contribution in [3.8, 4) is 0 Å². The second kappa shape index (κ2) is 9.21. The molecule has 0 spiro atoms. The van der Waals surface area contributed by atoms with Gasteiger partial charge in [-0.15, -0.1) is 0 Å². The average Bonchev–Trinajstić information content (AvgIpc) is 3.39. The lowest BCUT2D eigenvalue weighted by atomic mass is 10.2. The van der Waals surface area contributed by atoms with E-state index < -0.39 is 23.6 Å². The van der Waals surface area contributed by atoms with Crippen molar-refractivity contribution in [1.29, 1.82) is 0 Å². The van der Waals surface area contributed by atoms with Crippen LogP contribution in [0, 0.1) is 0 Å². The molecule has 1 aromatic rings. The van der Waals surface area contributed by atoms with Gasteiger partial charge in [0.25, 0.3) is 0 Å². The first-order chi connectivity index (χ1) is 11.3. The van der Waals surface area contributed by atoms with E-state index in [9.17, 15) is 22.8 Å². The van der Waals surface area contributed by atoms with E-state index in [2.05, 4.69) is 4.98 Å². The number of carbonyl (C=O) groups is 2. The summed E-state index contributed by atoms with van der Waals surface area (Å²) < 4.78 is 42.0. The Bertz CT molecular complexity index is 542. The molecular weight excluding hydrogens is 327 g/mol. The van der Waals surface area contributed by atoms with E-state index in [-0.39, 0.29) is 25.4 Å². The van der Waals surface area contributed by atoms with Crippen LogP contribution in [0.3, 0.4) is 0 Å². The van der Waals surface area contributed by atoms with Crippen LogP contribution in [-0.2, 0) is 27.0 Å². The molecule has 2 rings (SSSR count). The molecule has 0 bridgehead atoms. The van der Waals surface area contributed by atoms with Crippen LogP contribution in [0.5, 0.6) is 0 Å². The number of rotatable bonds is 5. The highest BCUT2D eigenvalue weighted by Gasteiger charge is 2.30. The highest BCUT2D eigenvalue weighted by molar-refractivity contribution is 6.34. The SMILES string of the molecule is C1CC1.COCCN(Cc1ccc(C(F)(F)F)cn1)C(=O)C(N)=O. The first kappa shape index (κ1) is 19.9. The number of aromatic nitrogens is 1. The fraction of sp³-hybridized carbons (Fsp3) is 0.533. The molecule has 0 radical (unpaired) electrons. The maximum absolute atomic E-state index is 12.4. The molecule has 0 aromatic carbocycles. The number of hydrogen-bond donors (Lipinski definition) is 1. The summed E-state index contributed by atoms with van der Waals surface area (Å²) in [6.45, 7) is 0.0872. The number of primary amides is 1. The van der Waals surface area contributed by atoms with E-state index in [0.717, 1.165) is 17.0 Å². The van der Waals surface area contributed by atoms with E-state index in [1.807, 2.05) is 0 Å². The standard InChI is InChI=1S/C12H14F3N3O3.C3H6/c1-21-5-4-18(11(20)10(16)19)7-9-3-2-8(6-17-9)12(13,14)15;1-2-3-1/h2-3,6H,4-5,7H2,1H3,(H2,16,19);1-3H2. The van der Waals surface area contributed by atoms with Crippen LogP contribution in [0.2, 0.25) is 0 Å². The zero-order chi connectivity index (χ0) is 18.2. The number of nitrogens with two attached hydrogens (primary N) is 1. The van der Waals surface area contributed by atoms with Crippen LogP contribution in [0.4, 0.5) is 13.2 Å². The van der Waals surface area contributed by atoms with Gasteiger partial charge in [0.2, 0.25) is 0 Å². The molecule has 1 aliphatic carbocycles. The Hall–Kier alpha value is -2.16. The number of alkyl halides is 3. The topological polar surface area (TPSA) is 85.5 Å². The van der Waals surface area contributed by atoms with Gasteiger partial charge < -0.3 is 15.4 Å². The lowest BCUT2D eigenvalue weighted by molar-refractivity contribution is -0.145. The van der Waals surface area contributed by atoms with Crippen molar-refractivity contribution >= 4 is 11.8 Å². The van der Waals surface area contributed by atoms with Crippen LogP contribution < -0.4 is 5.73 Å². The number of carbonyl (C=O) groups excluding carboxylic acids is 2. The molecule has 6 nitrogen and oxygen atoms in total. The maximum Gasteiger partial charge on any atom is 0.417 e. The predicted octanol–water partition coefficient (Wildman–Crippen LogP) is 1.73. The highest BCUT2D eigenvalue weighted by Crippen LogP contribution is 2.28. The average molecular weight is 347 g/mol. The van der Waals surface area contributed by atoms with E-state index in [1.165, 1.54) is 26.4 Å². The van der Waals surface area contributed by atoms with E-state index in [4.69, 9.17) is 10.5 Å². The third-order valence-corrected chi connectivity index (χ3v) is 2.92. The van der Waals surface area contributed by atoms with Gasteiger partial charge in [0, 0.05) is 19.9 Å². The Kier molecular flexibility index (Phi) is 7.63. The molecule has 1 aromatic heterocycles. The number of methoxy groups -OCH3 is 1. The minimum atomic E-state index is -4.48. The Morgan fingerprint density at radius 1 is 1.29 bits per heavy atom. The van der Waals surface area contributed by atoms with Gasteiger partial charge in [0.05, 0.1) is 24.4 Å². The monoisotopic (exact) mass is 347 g/mol. The zero-order valence-corrected chi connectivity index (χ0v) is 13.3. The van der Waals surface area contributed by atoms with Crippen LogP contribution in [0.25, 0.3) is 0 Å². The summed E-state index contributed by atoms with van der Waals surface area (Å²) >= 11 is 0. The first-order valence-electron chi connectivity index (χ1n) is 7.35. The van der Waals surface area contributed by atoms with Crippen molar-refractivity contribution in [3.05, 3.63) is 29.6 Å². The summed E-state index contributed by atoms with van der Waals surface area (Å²) in [6.07, 6.45) is 0.683. The molecule has 1 heterocycles. The summed E-state index contributed by atoms with van der Waals surface area (Å²) in [7, 11) is 1.41. The van der Waals surface area contributed by atoms with Gasteiger partial charge in [-0.3, -0.25) is 14.6 Å². The van der Waals surface area contributed by atoms with Crippen molar-refractivity contribution in [2.75, 3.05) is 20.3 Å². The minimum absolute atomic E-state index is 0.0704. The Morgan fingerprint density at radius 2 is 1.92 bits per heavy atom. The van der Waals surface area contributed by atoms with Gasteiger partial charge in [0.15, 0.2) is 0 Å². The largest absolute Gasteiger partial charge is 0.417 e. The summed E-state index contributed by atoms with van der Waals surface area (Å²) in [4.78, 5) is 27.2. The Labute approximate surface area is 137 Å². The van der Waals surface area contributed by atoms with Gasteiger partial charge in [-0.25, -0.2) is 0 Å². The third-order valence-electron chi connectivity index (χ3n) is 2.92. The Morgan fingerprint density at radius 3 is 2.29 bits per heavy atom. The van der Waals surface area contributed by atoms with Crippen molar-refractivity contribution < 1.29 is 27.5 Å². The maximum atomic E-state index is 12.4. The first-order valence-corrected chi connectivity index (χ1v) is 7.35. The van der Waals surface area contributed by atoms with Gasteiger partial charge in [-0.1, -0.05) is 19.3 Å². The Balaban J connectivity index is 0.000000857. The van der Waals surface area contributed by atoms with Crippen molar-refractivity contribution in [1.82, 2.24) is 9.88 Å². The molecule has 0 aliphatic heterocycles. The molecular formula is C15H20F3N3O3. The number of hydrogen-bond acceptors (Lipinski definition) is 4. The lowest BCUT2D eigenvalue weighted by Gasteiger charge is -2.20. The molecule has 2 N–H and O–H groups in total. The molecule has 1 saturated carbocycles. The second-order valence-electron chi connectivity index (χ2n) is 5.18. The van der Waals surface area contributed by atoms with E-state index in [0.29, 0.717) is 6.20 Å². The smallest absolute Gasteiger partial charge is 0.383 e. The van der Waals surface area contributed by atoms with Crippen molar-refractivity contribution in [3.63, 3.8) is 0 Å². The fourth-order valence-corrected chi connectivity index (χ4v) is 1.49. The number of halogens is 3. The molecule has 0 atom stereocenters. The molecule has 24 heavy (non-hydrogen) atoms. The predicted molar refractivity (Wildman–Crippen MR) is 79.6 cm³/mol. The van der Waals surface area contributed by atoms with E-state index in [1.54, 1.807) is 0 Å². The number of nitrogens with zero attached hydrogens (tertiary/aromatic N) is 2. The quantitative estimate of drug-likeness (QED) is 0.822. The molecule has 2 amide bonds.